The van der Waals surface area contributed by atoms with Crippen LogP contribution in [0.5, 0.6) is 5.75 Å². The molecule has 0 spiro atoms. The third-order valence-electron chi connectivity index (χ3n) is 3.52. The molecule has 1 unspecified atom stereocenters. The molecule has 0 aromatic heterocycles. The highest BCUT2D eigenvalue weighted by atomic mass is 16.5. The minimum atomic E-state index is -0.412. The van der Waals surface area contributed by atoms with E-state index in [0.29, 0.717) is 5.56 Å². The van der Waals surface area contributed by atoms with Gasteiger partial charge in [-0.25, -0.2) is 0 Å². The maximum Gasteiger partial charge on any atom is 0.203 e. The molecule has 0 fully saturated rings. The molecule has 0 aliphatic rings. The summed E-state index contributed by atoms with van der Waals surface area (Å²) in [5.41, 5.74) is 1.85. The monoisotopic (exact) mass is 282 g/mol. The van der Waals surface area contributed by atoms with Crippen molar-refractivity contribution in [2.75, 3.05) is 0 Å². The van der Waals surface area contributed by atoms with Crippen LogP contribution in [0.15, 0.2) is 54.6 Å². The average molecular weight is 282 g/mol. The van der Waals surface area contributed by atoms with Crippen LogP contribution in [0, 0.1) is 0 Å². The standard InChI is InChI=1S/C19H22O2/c1-3-10-18(19(20)16-12-6-5-7-13-16)21-17-14-9-8-11-15(17)4-2/h5-9,11-14,18H,3-4,10H2,1-2H3. The molecular weight excluding hydrogens is 260 g/mol. The Kier molecular flexibility index (Phi) is 5.56. The van der Waals surface area contributed by atoms with Crippen LogP contribution in [0.2, 0.25) is 0 Å². The van der Waals surface area contributed by atoms with Crippen LogP contribution >= 0.6 is 0 Å². The third-order valence-corrected chi connectivity index (χ3v) is 3.52. The molecule has 1 atom stereocenters. The second-order valence-corrected chi connectivity index (χ2v) is 5.09. The van der Waals surface area contributed by atoms with Crippen LogP contribution in [-0.2, 0) is 6.42 Å². The predicted octanol–water partition coefficient (Wildman–Crippen LogP) is 4.68. The van der Waals surface area contributed by atoms with E-state index >= 15 is 0 Å². The summed E-state index contributed by atoms with van der Waals surface area (Å²) in [5.74, 6) is 0.881. The zero-order chi connectivity index (χ0) is 15.1. The van der Waals surface area contributed by atoms with Gasteiger partial charge in [0.25, 0.3) is 0 Å². The fraction of sp³-hybridized carbons (Fsp3) is 0.316. The number of ketones is 1. The molecule has 2 nitrogen and oxygen atoms in total. The van der Waals surface area contributed by atoms with Gasteiger partial charge in [0.15, 0.2) is 6.10 Å². The molecule has 0 amide bonds. The first-order valence-electron chi connectivity index (χ1n) is 7.60. The molecule has 21 heavy (non-hydrogen) atoms. The number of benzene rings is 2. The van der Waals surface area contributed by atoms with E-state index in [0.717, 1.165) is 30.6 Å². The Balaban J connectivity index is 2.21. The van der Waals surface area contributed by atoms with E-state index in [1.165, 1.54) is 0 Å². The number of ether oxygens (including phenoxy) is 1. The smallest absolute Gasteiger partial charge is 0.203 e. The lowest BCUT2D eigenvalue weighted by Crippen LogP contribution is -2.27. The average Bonchev–Trinajstić information content (AvgIpc) is 2.55. The van der Waals surface area contributed by atoms with E-state index in [-0.39, 0.29) is 5.78 Å². The number of hydrogen-bond acceptors (Lipinski definition) is 2. The number of aryl methyl sites for hydroxylation is 1. The molecule has 0 radical (unpaired) electrons. The van der Waals surface area contributed by atoms with Crippen molar-refractivity contribution in [1.29, 1.82) is 0 Å². The zero-order valence-corrected chi connectivity index (χ0v) is 12.7. The van der Waals surface area contributed by atoms with Crippen LogP contribution in [0.25, 0.3) is 0 Å². The van der Waals surface area contributed by atoms with Crippen molar-refractivity contribution in [2.24, 2.45) is 0 Å². The van der Waals surface area contributed by atoms with Crippen molar-refractivity contribution >= 4 is 5.78 Å². The van der Waals surface area contributed by atoms with Gasteiger partial charge in [-0.15, -0.1) is 0 Å². The molecule has 0 heterocycles. The minimum absolute atomic E-state index is 0.0587. The van der Waals surface area contributed by atoms with Crippen LogP contribution in [0.3, 0.4) is 0 Å². The molecule has 2 heteroatoms. The van der Waals surface area contributed by atoms with Crippen LogP contribution in [0.1, 0.15) is 42.6 Å². The normalized spacial score (nSPS) is 11.9. The summed E-state index contributed by atoms with van der Waals surface area (Å²) in [5, 5.41) is 0. The molecule has 0 bridgehead atoms. The van der Waals surface area contributed by atoms with Gasteiger partial charge in [0.1, 0.15) is 5.75 Å². The van der Waals surface area contributed by atoms with Crippen molar-refractivity contribution < 1.29 is 9.53 Å². The van der Waals surface area contributed by atoms with Gasteiger partial charge in [0.2, 0.25) is 5.78 Å². The first-order valence-corrected chi connectivity index (χ1v) is 7.60. The first kappa shape index (κ1) is 15.3. The van der Waals surface area contributed by atoms with E-state index in [1.54, 1.807) is 0 Å². The van der Waals surface area contributed by atoms with Crippen molar-refractivity contribution in [3.05, 3.63) is 65.7 Å². The summed E-state index contributed by atoms with van der Waals surface area (Å²) in [6.07, 6.45) is 2.13. The largest absolute Gasteiger partial charge is 0.482 e. The van der Waals surface area contributed by atoms with Crippen molar-refractivity contribution in [1.82, 2.24) is 0 Å². The van der Waals surface area contributed by atoms with E-state index < -0.39 is 6.10 Å². The number of carbonyl (C=O) groups excluding carboxylic acids is 1. The number of hydrogen-bond donors (Lipinski definition) is 0. The van der Waals surface area contributed by atoms with Gasteiger partial charge in [0, 0.05) is 5.56 Å². The van der Waals surface area contributed by atoms with Gasteiger partial charge < -0.3 is 4.74 Å². The van der Waals surface area contributed by atoms with Crippen LogP contribution in [-0.4, -0.2) is 11.9 Å². The maximum atomic E-state index is 12.6. The highest BCUT2D eigenvalue weighted by Crippen LogP contribution is 2.22. The van der Waals surface area contributed by atoms with Gasteiger partial charge in [-0.05, 0) is 24.5 Å². The van der Waals surface area contributed by atoms with Crippen LogP contribution < -0.4 is 4.74 Å². The molecule has 0 aliphatic heterocycles. The minimum Gasteiger partial charge on any atom is -0.482 e. The molecule has 2 rings (SSSR count). The fourth-order valence-electron chi connectivity index (χ4n) is 2.36. The number of Topliss-reactive ketones (excluding diaryl/α,β-unsaturated/α-hetero) is 1. The van der Waals surface area contributed by atoms with Crippen molar-refractivity contribution in [3.8, 4) is 5.75 Å². The second kappa shape index (κ2) is 7.63. The van der Waals surface area contributed by atoms with Crippen molar-refractivity contribution in [2.45, 2.75) is 39.2 Å². The highest BCUT2D eigenvalue weighted by Gasteiger charge is 2.21. The molecule has 110 valence electrons. The number of para-hydroxylation sites is 1. The first-order chi connectivity index (χ1) is 10.3. The number of carbonyl (C=O) groups is 1. The zero-order valence-electron chi connectivity index (χ0n) is 12.7. The maximum absolute atomic E-state index is 12.6. The Morgan fingerprint density at radius 3 is 2.33 bits per heavy atom. The molecule has 2 aromatic carbocycles. The third kappa shape index (κ3) is 3.94. The van der Waals surface area contributed by atoms with Gasteiger partial charge >= 0.3 is 0 Å². The molecular formula is C19H22O2. The van der Waals surface area contributed by atoms with Crippen molar-refractivity contribution in [3.63, 3.8) is 0 Å². The Labute approximate surface area is 126 Å². The molecule has 0 aliphatic carbocycles. The predicted molar refractivity (Wildman–Crippen MR) is 85.9 cm³/mol. The second-order valence-electron chi connectivity index (χ2n) is 5.09. The van der Waals surface area contributed by atoms with E-state index in [9.17, 15) is 4.79 Å². The summed E-state index contributed by atoms with van der Waals surface area (Å²) in [6, 6.07) is 17.3. The Hall–Kier alpha value is -2.09. The van der Waals surface area contributed by atoms with E-state index in [4.69, 9.17) is 4.74 Å². The lowest BCUT2D eigenvalue weighted by Gasteiger charge is -2.19. The highest BCUT2D eigenvalue weighted by molar-refractivity contribution is 5.99. The lowest BCUT2D eigenvalue weighted by atomic mass is 10.0. The molecule has 2 aromatic rings. The van der Waals surface area contributed by atoms with E-state index in [2.05, 4.69) is 13.8 Å². The van der Waals surface area contributed by atoms with Gasteiger partial charge in [-0.3, -0.25) is 4.79 Å². The number of rotatable bonds is 7. The Bertz CT molecular complexity index is 575. The fourth-order valence-corrected chi connectivity index (χ4v) is 2.36. The lowest BCUT2D eigenvalue weighted by molar-refractivity contribution is 0.0775. The van der Waals surface area contributed by atoms with Gasteiger partial charge in [-0.2, -0.15) is 0 Å². The summed E-state index contributed by atoms with van der Waals surface area (Å²) in [4.78, 5) is 12.6. The van der Waals surface area contributed by atoms with E-state index in [1.807, 2.05) is 54.6 Å². The summed E-state index contributed by atoms with van der Waals surface area (Å²) >= 11 is 0. The summed E-state index contributed by atoms with van der Waals surface area (Å²) in [7, 11) is 0. The van der Waals surface area contributed by atoms with Gasteiger partial charge in [0.05, 0.1) is 0 Å². The summed E-state index contributed by atoms with van der Waals surface area (Å²) in [6.45, 7) is 4.16. The molecule has 0 N–H and O–H groups in total. The molecule has 0 saturated carbocycles. The SMILES string of the molecule is CCCC(Oc1ccccc1CC)C(=O)c1ccccc1. The Morgan fingerprint density at radius 1 is 1.00 bits per heavy atom. The topological polar surface area (TPSA) is 26.3 Å². The Morgan fingerprint density at radius 2 is 1.67 bits per heavy atom. The summed E-state index contributed by atoms with van der Waals surface area (Å²) < 4.78 is 6.04. The van der Waals surface area contributed by atoms with Crippen LogP contribution in [0.4, 0.5) is 0 Å². The molecule has 0 saturated heterocycles. The van der Waals surface area contributed by atoms with Gasteiger partial charge in [-0.1, -0.05) is 68.8 Å². The quantitative estimate of drug-likeness (QED) is 0.689.